The van der Waals surface area contributed by atoms with Crippen molar-refractivity contribution in [1.29, 1.82) is 0 Å². The Balaban J connectivity index is 2.62. The van der Waals surface area contributed by atoms with E-state index >= 15 is 0 Å². The first-order valence-electron chi connectivity index (χ1n) is 3.72. The molecule has 3 heteroatoms. The van der Waals surface area contributed by atoms with Crippen molar-refractivity contribution in [3.05, 3.63) is 30.1 Å². The molecule has 1 rings (SSSR count). The molecule has 1 aromatic carbocycles. The van der Waals surface area contributed by atoms with E-state index in [1.807, 2.05) is 7.85 Å². The number of ether oxygens (including phenoxy) is 1. The normalized spacial score (nSPS) is 9.55. The maximum absolute atomic E-state index is 12.8. The predicted octanol–water partition coefficient (Wildman–Crippen LogP) is 1.26. The zero-order valence-corrected chi connectivity index (χ0v) is 6.51. The molecule has 0 bridgehead atoms. The van der Waals surface area contributed by atoms with E-state index in [-0.39, 0.29) is 5.82 Å². The van der Waals surface area contributed by atoms with E-state index in [1.165, 1.54) is 6.07 Å². The highest BCUT2D eigenvalue weighted by Gasteiger charge is 1.98. The molecule has 1 nitrogen and oxygen atoms in total. The summed E-state index contributed by atoms with van der Waals surface area (Å²) < 4.78 is 17.9. The van der Waals surface area contributed by atoms with Gasteiger partial charge in [0.25, 0.3) is 0 Å². The lowest BCUT2D eigenvalue weighted by Crippen LogP contribution is -1.97. The molecule has 0 saturated heterocycles. The number of halogens is 1. The van der Waals surface area contributed by atoms with Crippen LogP contribution < -0.4 is 4.74 Å². The Bertz CT molecular complexity index is 227. The fraction of sp³-hybridized carbons (Fsp3) is 0.250. The number of para-hydroxylation sites is 1. The zero-order chi connectivity index (χ0) is 8.10. The van der Waals surface area contributed by atoms with Crippen LogP contribution in [0, 0.1) is 5.82 Å². The van der Waals surface area contributed by atoms with Gasteiger partial charge in [-0.1, -0.05) is 12.1 Å². The first kappa shape index (κ1) is 8.11. The van der Waals surface area contributed by atoms with Crippen molar-refractivity contribution in [3.8, 4) is 5.75 Å². The van der Waals surface area contributed by atoms with E-state index in [2.05, 4.69) is 0 Å². The molecular formula is C8H10BFO. The summed E-state index contributed by atoms with van der Waals surface area (Å²) in [7, 11) is 1.99. The Kier molecular flexibility index (Phi) is 2.96. The Morgan fingerprint density at radius 3 is 2.73 bits per heavy atom. The van der Waals surface area contributed by atoms with Gasteiger partial charge in [-0.25, -0.2) is 4.39 Å². The lowest BCUT2D eigenvalue weighted by atomic mass is 10.1. The summed E-state index contributed by atoms with van der Waals surface area (Å²) in [5.41, 5.74) is 0. The van der Waals surface area contributed by atoms with E-state index in [9.17, 15) is 4.39 Å². The van der Waals surface area contributed by atoms with Crippen LogP contribution >= 0.6 is 0 Å². The van der Waals surface area contributed by atoms with Crippen molar-refractivity contribution in [2.75, 3.05) is 6.61 Å². The van der Waals surface area contributed by atoms with Gasteiger partial charge in [-0.15, -0.1) is 0 Å². The summed E-state index contributed by atoms with van der Waals surface area (Å²) >= 11 is 0. The van der Waals surface area contributed by atoms with Crippen LogP contribution in [-0.2, 0) is 0 Å². The van der Waals surface area contributed by atoms with Crippen molar-refractivity contribution in [2.45, 2.75) is 6.32 Å². The molecule has 11 heavy (non-hydrogen) atoms. The maximum Gasteiger partial charge on any atom is 0.165 e. The largest absolute Gasteiger partial charge is 0.491 e. The first-order chi connectivity index (χ1) is 5.34. The molecule has 0 spiro atoms. The van der Waals surface area contributed by atoms with Gasteiger partial charge < -0.3 is 4.74 Å². The molecule has 0 aliphatic rings. The highest BCUT2D eigenvalue weighted by atomic mass is 19.1. The number of hydrogen-bond donors (Lipinski definition) is 0. The van der Waals surface area contributed by atoms with E-state index in [0.717, 1.165) is 6.32 Å². The lowest BCUT2D eigenvalue weighted by molar-refractivity contribution is 0.322. The Hall–Kier alpha value is -0.985. The summed E-state index contributed by atoms with van der Waals surface area (Å²) in [6, 6.07) is 6.43. The molecule has 0 aliphatic carbocycles. The van der Waals surface area contributed by atoms with Crippen LogP contribution in [-0.4, -0.2) is 14.5 Å². The molecule has 0 atom stereocenters. The van der Waals surface area contributed by atoms with Crippen molar-refractivity contribution in [3.63, 3.8) is 0 Å². The van der Waals surface area contributed by atoms with Gasteiger partial charge in [-0.05, 0) is 18.5 Å². The molecule has 0 amide bonds. The van der Waals surface area contributed by atoms with Crippen molar-refractivity contribution < 1.29 is 9.13 Å². The topological polar surface area (TPSA) is 9.23 Å². The summed E-state index contributed by atoms with van der Waals surface area (Å²) in [5.74, 6) is 0.0512. The minimum absolute atomic E-state index is 0.291. The van der Waals surface area contributed by atoms with Gasteiger partial charge in [-0.2, -0.15) is 0 Å². The summed E-state index contributed by atoms with van der Waals surface area (Å²) in [6.07, 6.45) is 0.897. The molecule has 1 aromatic rings. The van der Waals surface area contributed by atoms with Gasteiger partial charge in [0.1, 0.15) is 7.85 Å². The van der Waals surface area contributed by atoms with Gasteiger partial charge >= 0.3 is 0 Å². The number of benzene rings is 1. The van der Waals surface area contributed by atoms with Crippen LogP contribution in [0.3, 0.4) is 0 Å². The molecule has 0 heterocycles. The Morgan fingerprint density at radius 1 is 1.36 bits per heavy atom. The second kappa shape index (κ2) is 4.01. The van der Waals surface area contributed by atoms with Crippen LogP contribution in [0.4, 0.5) is 4.39 Å². The zero-order valence-electron chi connectivity index (χ0n) is 6.51. The van der Waals surface area contributed by atoms with Crippen molar-refractivity contribution in [1.82, 2.24) is 0 Å². The van der Waals surface area contributed by atoms with Crippen LogP contribution in [0.5, 0.6) is 5.75 Å². The van der Waals surface area contributed by atoms with E-state index < -0.39 is 0 Å². The van der Waals surface area contributed by atoms with Crippen molar-refractivity contribution in [2.24, 2.45) is 0 Å². The van der Waals surface area contributed by atoms with Gasteiger partial charge in [0.15, 0.2) is 11.6 Å². The highest BCUT2D eigenvalue weighted by molar-refractivity contribution is 6.08. The third-order valence-corrected chi connectivity index (χ3v) is 1.30. The quantitative estimate of drug-likeness (QED) is 0.592. The smallest absolute Gasteiger partial charge is 0.165 e. The van der Waals surface area contributed by atoms with Crippen molar-refractivity contribution >= 4 is 7.85 Å². The summed E-state index contributed by atoms with van der Waals surface area (Å²) in [5, 5.41) is 0. The fourth-order valence-corrected chi connectivity index (χ4v) is 0.774. The van der Waals surface area contributed by atoms with Gasteiger partial charge in [0, 0.05) is 0 Å². The highest BCUT2D eigenvalue weighted by Crippen LogP contribution is 2.14. The molecule has 0 aliphatic heterocycles. The maximum atomic E-state index is 12.8. The van der Waals surface area contributed by atoms with Crippen LogP contribution in [0.1, 0.15) is 0 Å². The monoisotopic (exact) mass is 152 g/mol. The van der Waals surface area contributed by atoms with E-state index in [1.54, 1.807) is 18.2 Å². The molecule has 0 aromatic heterocycles. The van der Waals surface area contributed by atoms with Crippen LogP contribution in [0.15, 0.2) is 24.3 Å². The second-order valence-electron chi connectivity index (χ2n) is 2.28. The third-order valence-electron chi connectivity index (χ3n) is 1.30. The molecule has 0 saturated carbocycles. The van der Waals surface area contributed by atoms with E-state index in [4.69, 9.17) is 4.74 Å². The Morgan fingerprint density at radius 2 is 2.09 bits per heavy atom. The number of rotatable bonds is 3. The predicted molar refractivity (Wildman–Crippen MR) is 45.2 cm³/mol. The first-order valence-corrected chi connectivity index (χ1v) is 3.72. The molecule has 0 fully saturated rings. The minimum Gasteiger partial charge on any atom is -0.491 e. The van der Waals surface area contributed by atoms with Gasteiger partial charge in [0.05, 0.1) is 6.61 Å². The molecule has 0 N–H and O–H groups in total. The third kappa shape index (κ3) is 2.26. The average Bonchev–Trinajstić information content (AvgIpc) is 2.03. The Labute approximate surface area is 66.6 Å². The van der Waals surface area contributed by atoms with E-state index in [0.29, 0.717) is 12.4 Å². The van der Waals surface area contributed by atoms with Crippen LogP contribution in [0.2, 0.25) is 6.32 Å². The second-order valence-corrected chi connectivity index (χ2v) is 2.28. The average molecular weight is 152 g/mol. The fourth-order valence-electron chi connectivity index (χ4n) is 0.774. The molecule has 58 valence electrons. The SMILES string of the molecule is BCCOc1ccccc1F. The molecular weight excluding hydrogens is 142 g/mol. The van der Waals surface area contributed by atoms with Gasteiger partial charge in [-0.3, -0.25) is 0 Å². The number of hydrogen-bond acceptors (Lipinski definition) is 1. The standard InChI is InChI=1S/C8H10BFO/c9-5-6-11-8-4-2-1-3-7(8)10/h1-4H,5-6,9H2. The summed E-state index contributed by atoms with van der Waals surface area (Å²) in [4.78, 5) is 0. The molecule has 0 unspecified atom stereocenters. The van der Waals surface area contributed by atoms with Crippen LogP contribution in [0.25, 0.3) is 0 Å². The van der Waals surface area contributed by atoms with Gasteiger partial charge in [0.2, 0.25) is 0 Å². The minimum atomic E-state index is -0.291. The lowest BCUT2D eigenvalue weighted by Gasteiger charge is -2.03. The molecule has 0 radical (unpaired) electrons. The summed E-state index contributed by atoms with van der Waals surface area (Å²) in [6.45, 7) is 0.570.